The molecule has 20 heavy (non-hydrogen) atoms. The van der Waals surface area contributed by atoms with E-state index in [-0.39, 0.29) is 0 Å². The van der Waals surface area contributed by atoms with Crippen molar-refractivity contribution in [2.75, 3.05) is 5.32 Å². The van der Waals surface area contributed by atoms with E-state index in [1.54, 1.807) is 24.5 Å². The van der Waals surface area contributed by atoms with Crippen LogP contribution in [-0.4, -0.2) is 15.0 Å². The molecule has 0 amide bonds. The van der Waals surface area contributed by atoms with E-state index in [9.17, 15) is 0 Å². The first kappa shape index (κ1) is 12.6. The molecule has 0 unspecified atom stereocenters. The maximum Gasteiger partial charge on any atom is 0.132 e. The molecular formula is C15H11ClN4. The lowest BCUT2D eigenvalue weighted by molar-refractivity contribution is 1.22. The molecule has 1 N–H and O–H groups in total. The smallest absolute Gasteiger partial charge is 0.132 e. The lowest BCUT2D eigenvalue weighted by Gasteiger charge is -2.06. The van der Waals surface area contributed by atoms with Crippen molar-refractivity contribution in [2.24, 2.45) is 0 Å². The van der Waals surface area contributed by atoms with E-state index in [2.05, 4.69) is 20.3 Å². The van der Waals surface area contributed by atoms with Crippen molar-refractivity contribution in [3.05, 3.63) is 65.9 Å². The maximum absolute atomic E-state index is 5.81. The molecule has 0 spiro atoms. The normalized spacial score (nSPS) is 10.2. The summed E-state index contributed by atoms with van der Waals surface area (Å²) in [5.41, 5.74) is 1.64. The van der Waals surface area contributed by atoms with Gasteiger partial charge in [-0.1, -0.05) is 23.7 Å². The summed E-state index contributed by atoms with van der Waals surface area (Å²) in [6, 6.07) is 15.0. The number of hydrogen-bond acceptors (Lipinski definition) is 4. The fourth-order valence-corrected chi connectivity index (χ4v) is 1.85. The minimum Gasteiger partial charge on any atom is -0.325 e. The number of hydrogen-bond donors (Lipinski definition) is 1. The van der Waals surface area contributed by atoms with Gasteiger partial charge in [-0.15, -0.1) is 0 Å². The van der Waals surface area contributed by atoms with Crippen LogP contribution in [0.5, 0.6) is 0 Å². The Morgan fingerprint density at radius 1 is 0.800 bits per heavy atom. The Morgan fingerprint density at radius 3 is 2.45 bits per heavy atom. The summed E-state index contributed by atoms with van der Waals surface area (Å²) in [7, 11) is 0. The number of nitrogens with one attached hydrogen (secondary N) is 1. The zero-order chi connectivity index (χ0) is 13.8. The molecule has 3 aromatic heterocycles. The average molecular weight is 283 g/mol. The molecule has 0 aromatic carbocycles. The van der Waals surface area contributed by atoms with Crippen molar-refractivity contribution in [3.8, 4) is 11.4 Å². The Hall–Kier alpha value is -2.46. The Labute approximate surface area is 121 Å². The van der Waals surface area contributed by atoms with E-state index in [1.165, 1.54) is 0 Å². The number of anilines is 2. The molecule has 0 aliphatic carbocycles. The van der Waals surface area contributed by atoms with Crippen LogP contribution >= 0.6 is 11.6 Å². The van der Waals surface area contributed by atoms with E-state index in [0.29, 0.717) is 16.7 Å². The second kappa shape index (κ2) is 5.67. The van der Waals surface area contributed by atoms with E-state index >= 15 is 0 Å². The molecule has 3 rings (SSSR count). The van der Waals surface area contributed by atoms with Crippen molar-refractivity contribution in [3.63, 3.8) is 0 Å². The van der Waals surface area contributed by atoms with Gasteiger partial charge in [0.05, 0.1) is 16.4 Å². The van der Waals surface area contributed by atoms with E-state index in [1.807, 2.05) is 36.4 Å². The summed E-state index contributed by atoms with van der Waals surface area (Å²) in [5, 5.41) is 3.74. The molecule has 4 nitrogen and oxygen atoms in total. The van der Waals surface area contributed by atoms with Crippen LogP contribution in [0, 0.1) is 0 Å². The van der Waals surface area contributed by atoms with Gasteiger partial charge in [-0.3, -0.25) is 4.98 Å². The fourth-order valence-electron chi connectivity index (χ4n) is 1.74. The monoisotopic (exact) mass is 282 g/mol. The highest BCUT2D eigenvalue weighted by Crippen LogP contribution is 2.19. The Bertz CT molecular complexity index is 699. The molecule has 0 radical (unpaired) electrons. The molecule has 0 saturated heterocycles. The van der Waals surface area contributed by atoms with Crippen LogP contribution < -0.4 is 5.32 Å². The lowest BCUT2D eigenvalue weighted by Crippen LogP contribution is -1.97. The molecule has 0 fully saturated rings. The van der Waals surface area contributed by atoms with Crippen LogP contribution in [0.15, 0.2) is 60.9 Å². The highest BCUT2D eigenvalue weighted by Gasteiger charge is 2.02. The second-order valence-corrected chi connectivity index (χ2v) is 4.55. The van der Waals surface area contributed by atoms with Gasteiger partial charge in [0.15, 0.2) is 0 Å². The maximum atomic E-state index is 5.81. The van der Waals surface area contributed by atoms with Crippen LogP contribution in [0.4, 0.5) is 11.6 Å². The summed E-state index contributed by atoms with van der Waals surface area (Å²) >= 11 is 5.81. The number of pyridine rings is 3. The van der Waals surface area contributed by atoms with Gasteiger partial charge in [0.2, 0.25) is 0 Å². The average Bonchev–Trinajstić information content (AvgIpc) is 2.51. The molecule has 3 aromatic rings. The number of halogens is 1. The first-order chi connectivity index (χ1) is 9.81. The molecule has 5 heteroatoms. The van der Waals surface area contributed by atoms with E-state index in [4.69, 9.17) is 11.6 Å². The van der Waals surface area contributed by atoms with Gasteiger partial charge in [0, 0.05) is 12.4 Å². The zero-order valence-corrected chi connectivity index (χ0v) is 11.2. The third-order valence-electron chi connectivity index (χ3n) is 2.66. The predicted octanol–water partition coefficient (Wildman–Crippen LogP) is 3.94. The fraction of sp³-hybridized carbons (Fsp3) is 0. The van der Waals surface area contributed by atoms with E-state index < -0.39 is 0 Å². The molecular weight excluding hydrogens is 272 g/mol. The topological polar surface area (TPSA) is 50.7 Å². The molecule has 98 valence electrons. The minimum absolute atomic E-state index is 0.603. The van der Waals surface area contributed by atoms with Crippen molar-refractivity contribution in [2.45, 2.75) is 0 Å². The summed E-state index contributed by atoms with van der Waals surface area (Å²) in [5.74, 6) is 1.41. The number of rotatable bonds is 3. The molecule has 3 heterocycles. The minimum atomic E-state index is 0.603. The third-order valence-corrected chi connectivity index (χ3v) is 2.88. The largest absolute Gasteiger partial charge is 0.325 e. The Balaban J connectivity index is 1.86. The SMILES string of the molecule is Clc1ccc(Nc2cccc(-c3ccccn3)n2)nc1. The van der Waals surface area contributed by atoms with Gasteiger partial charge in [0.1, 0.15) is 11.6 Å². The van der Waals surface area contributed by atoms with Gasteiger partial charge in [-0.05, 0) is 36.4 Å². The van der Waals surface area contributed by atoms with Crippen molar-refractivity contribution in [1.82, 2.24) is 15.0 Å². The van der Waals surface area contributed by atoms with E-state index in [0.717, 1.165) is 11.4 Å². The van der Waals surface area contributed by atoms with Crippen LogP contribution in [0.1, 0.15) is 0 Å². The summed E-state index contributed by atoms with van der Waals surface area (Å²) in [6.07, 6.45) is 3.34. The summed E-state index contributed by atoms with van der Waals surface area (Å²) in [6.45, 7) is 0. The third kappa shape index (κ3) is 2.92. The predicted molar refractivity (Wildman–Crippen MR) is 80.0 cm³/mol. The van der Waals surface area contributed by atoms with Crippen molar-refractivity contribution < 1.29 is 0 Å². The van der Waals surface area contributed by atoms with Crippen molar-refractivity contribution in [1.29, 1.82) is 0 Å². The summed E-state index contributed by atoms with van der Waals surface area (Å²) in [4.78, 5) is 13.0. The molecule has 0 saturated carbocycles. The molecule has 0 aliphatic rings. The highest BCUT2D eigenvalue weighted by molar-refractivity contribution is 6.30. The van der Waals surface area contributed by atoms with Gasteiger partial charge in [-0.25, -0.2) is 9.97 Å². The number of aromatic nitrogens is 3. The Morgan fingerprint density at radius 2 is 1.70 bits per heavy atom. The van der Waals surface area contributed by atoms with Crippen LogP contribution in [0.25, 0.3) is 11.4 Å². The highest BCUT2D eigenvalue weighted by atomic mass is 35.5. The second-order valence-electron chi connectivity index (χ2n) is 4.11. The van der Waals surface area contributed by atoms with Gasteiger partial charge in [0.25, 0.3) is 0 Å². The van der Waals surface area contributed by atoms with Gasteiger partial charge < -0.3 is 5.32 Å². The number of nitrogens with zero attached hydrogens (tertiary/aromatic N) is 3. The lowest BCUT2D eigenvalue weighted by atomic mass is 10.2. The standard InChI is InChI=1S/C15H11ClN4/c16-11-7-8-14(18-10-11)20-15-6-3-5-13(19-15)12-4-1-2-9-17-12/h1-10H,(H,18,19,20). The van der Waals surface area contributed by atoms with Gasteiger partial charge in [-0.2, -0.15) is 0 Å². The quantitative estimate of drug-likeness (QED) is 0.790. The first-order valence-corrected chi connectivity index (χ1v) is 6.46. The van der Waals surface area contributed by atoms with Crippen LogP contribution in [-0.2, 0) is 0 Å². The zero-order valence-electron chi connectivity index (χ0n) is 10.5. The molecule has 0 atom stereocenters. The van der Waals surface area contributed by atoms with Crippen LogP contribution in [0.2, 0.25) is 5.02 Å². The van der Waals surface area contributed by atoms with Crippen molar-refractivity contribution >= 4 is 23.2 Å². The first-order valence-electron chi connectivity index (χ1n) is 6.08. The molecule has 0 bridgehead atoms. The molecule has 0 aliphatic heterocycles. The Kier molecular flexibility index (Phi) is 3.56. The summed E-state index contributed by atoms with van der Waals surface area (Å²) < 4.78 is 0. The van der Waals surface area contributed by atoms with Crippen LogP contribution in [0.3, 0.4) is 0 Å². The van der Waals surface area contributed by atoms with Gasteiger partial charge >= 0.3 is 0 Å².